The lowest BCUT2D eigenvalue weighted by atomic mass is 10.1. The van der Waals surface area contributed by atoms with Crippen LogP contribution in [0.5, 0.6) is 0 Å². The van der Waals surface area contributed by atoms with Crippen molar-refractivity contribution < 1.29 is 4.55 Å². The molecule has 0 radical (unpaired) electrons. The number of hydrogen-bond donors (Lipinski definition) is 2. The molecule has 114 valence electrons. The Morgan fingerprint density at radius 1 is 1.33 bits per heavy atom. The summed E-state index contributed by atoms with van der Waals surface area (Å²) in [5.74, 6) is 0.983. The van der Waals surface area contributed by atoms with Gasteiger partial charge < -0.3 is 9.87 Å². The predicted octanol–water partition coefficient (Wildman–Crippen LogP) is 4.13. The number of nitrogens with zero attached hydrogens (tertiary/aromatic N) is 2. The number of anilines is 2. The van der Waals surface area contributed by atoms with Crippen LogP contribution in [-0.4, -0.2) is 19.8 Å². The zero-order chi connectivity index (χ0) is 15.4. The van der Waals surface area contributed by atoms with E-state index in [1.165, 1.54) is 0 Å². The third-order valence-electron chi connectivity index (χ3n) is 2.68. The van der Waals surface area contributed by atoms with Crippen LogP contribution in [0.3, 0.4) is 0 Å². The second kappa shape index (κ2) is 7.26. The standard InChI is InChI=1S/C13H16Cl2N4OS/c1-8(2)3-4-16-12-13(19-21(20)18-12)17-11-6-9(14)5-10(15)7-11/h5-8H,3-4H2,1-2H3,(H,16,18)(H,17,19). The molecule has 0 fully saturated rings. The molecule has 1 aromatic carbocycles. The van der Waals surface area contributed by atoms with Crippen LogP contribution >= 0.6 is 34.3 Å². The van der Waals surface area contributed by atoms with Crippen molar-refractivity contribution >= 4 is 45.8 Å². The average molecular weight is 347 g/mol. The Kier molecular flexibility index (Phi) is 5.64. The molecule has 1 aromatic heterocycles. The lowest BCUT2D eigenvalue weighted by Crippen LogP contribution is -2.10. The molecule has 0 aliphatic carbocycles. The highest BCUT2D eigenvalue weighted by molar-refractivity contribution is 7.13. The Morgan fingerprint density at radius 2 is 2.00 bits per heavy atom. The van der Waals surface area contributed by atoms with E-state index in [2.05, 4.69) is 32.9 Å². The lowest BCUT2D eigenvalue weighted by Gasteiger charge is -2.03. The Balaban J connectivity index is 2.23. The first-order valence-corrected chi connectivity index (χ1v) is 8.35. The van der Waals surface area contributed by atoms with E-state index in [4.69, 9.17) is 23.2 Å². The number of benzene rings is 1. The molecule has 2 aromatic rings. The first-order valence-electron chi connectivity index (χ1n) is 6.49. The van der Waals surface area contributed by atoms with Crippen LogP contribution in [0.2, 0.25) is 10.0 Å². The molecule has 8 heteroatoms. The largest absolute Gasteiger partial charge is 0.548 e. The normalized spacial score (nSPS) is 13.0. The molecule has 0 aliphatic rings. The summed E-state index contributed by atoms with van der Waals surface area (Å²) < 4.78 is 18.2. The van der Waals surface area contributed by atoms with Gasteiger partial charge in [0.25, 0.3) is 0 Å². The zero-order valence-corrected chi connectivity index (χ0v) is 14.0. The van der Waals surface area contributed by atoms with Crippen LogP contribution in [0.25, 0.3) is 0 Å². The average Bonchev–Trinajstić information content (AvgIpc) is 2.67. The topological polar surface area (TPSA) is 76.1 Å². The first kappa shape index (κ1) is 16.3. The van der Waals surface area contributed by atoms with E-state index in [9.17, 15) is 4.55 Å². The van der Waals surface area contributed by atoms with Crippen molar-refractivity contribution in [2.75, 3.05) is 11.9 Å². The molecule has 5 nitrogen and oxygen atoms in total. The van der Waals surface area contributed by atoms with Crippen molar-refractivity contribution in [3.05, 3.63) is 33.7 Å². The van der Waals surface area contributed by atoms with Gasteiger partial charge in [-0.1, -0.05) is 37.0 Å². The van der Waals surface area contributed by atoms with Gasteiger partial charge in [-0.25, -0.2) is 0 Å². The molecule has 2 rings (SSSR count). The number of halogens is 2. The number of H-pyrrole nitrogens is 1. The third kappa shape index (κ3) is 5.00. The number of aromatic amines is 1. The van der Waals surface area contributed by atoms with E-state index in [1.807, 2.05) is 0 Å². The SMILES string of the molecule is CC(C)CCN=c1[nH][s+]([O-])nc1Nc1cc(Cl)cc(Cl)c1. The van der Waals surface area contributed by atoms with Gasteiger partial charge in [0.05, 0.1) is 0 Å². The fraction of sp³-hybridized carbons (Fsp3) is 0.385. The summed E-state index contributed by atoms with van der Waals surface area (Å²) in [4.78, 5) is 4.39. The van der Waals surface area contributed by atoms with E-state index in [0.29, 0.717) is 39.5 Å². The van der Waals surface area contributed by atoms with Gasteiger partial charge in [-0.15, -0.1) is 4.37 Å². The van der Waals surface area contributed by atoms with Gasteiger partial charge >= 0.3 is 0 Å². The van der Waals surface area contributed by atoms with Crippen LogP contribution in [0.4, 0.5) is 11.5 Å². The van der Waals surface area contributed by atoms with Crippen molar-refractivity contribution in [3.8, 4) is 0 Å². The molecule has 0 aliphatic heterocycles. The minimum absolute atomic E-state index is 0.426. The molecule has 0 bridgehead atoms. The van der Waals surface area contributed by atoms with Crippen molar-refractivity contribution in [2.45, 2.75) is 20.3 Å². The van der Waals surface area contributed by atoms with Crippen molar-refractivity contribution in [2.24, 2.45) is 10.9 Å². The third-order valence-corrected chi connectivity index (χ3v) is 3.84. The van der Waals surface area contributed by atoms with Gasteiger partial charge in [-0.3, -0.25) is 4.99 Å². The summed E-state index contributed by atoms with van der Waals surface area (Å²) in [6, 6.07) is 5.06. The summed E-state index contributed by atoms with van der Waals surface area (Å²) >= 11 is 10.4. The minimum atomic E-state index is -1.50. The zero-order valence-electron chi connectivity index (χ0n) is 11.7. The van der Waals surface area contributed by atoms with Gasteiger partial charge in [0.2, 0.25) is 11.3 Å². The molecule has 0 saturated carbocycles. The van der Waals surface area contributed by atoms with Gasteiger partial charge in [0.1, 0.15) is 0 Å². The number of aromatic nitrogens is 2. The smallest absolute Gasteiger partial charge is 0.236 e. The Morgan fingerprint density at radius 3 is 2.62 bits per heavy atom. The van der Waals surface area contributed by atoms with Gasteiger partial charge in [-0.2, -0.15) is 0 Å². The summed E-state index contributed by atoms with van der Waals surface area (Å²) in [6.45, 7) is 4.90. The van der Waals surface area contributed by atoms with Gasteiger partial charge in [0.15, 0.2) is 11.1 Å². The number of rotatable bonds is 5. The van der Waals surface area contributed by atoms with Crippen LogP contribution in [-0.2, 0) is 0 Å². The molecule has 1 heterocycles. The molecule has 0 saturated heterocycles. The van der Waals surface area contributed by atoms with Gasteiger partial charge in [0, 0.05) is 26.7 Å². The maximum absolute atomic E-state index is 11.5. The van der Waals surface area contributed by atoms with E-state index in [-0.39, 0.29) is 0 Å². The summed E-state index contributed by atoms with van der Waals surface area (Å²) in [5, 5.41) is 4.06. The molecule has 2 N–H and O–H groups in total. The van der Waals surface area contributed by atoms with Crippen LogP contribution < -0.4 is 10.8 Å². The quantitative estimate of drug-likeness (QED) is 0.799. The highest BCUT2D eigenvalue weighted by atomic mass is 35.5. The molecule has 1 unspecified atom stereocenters. The molecule has 21 heavy (non-hydrogen) atoms. The Labute approximate surface area is 136 Å². The Hall–Kier alpha value is -1.08. The molecule has 0 spiro atoms. The van der Waals surface area contributed by atoms with Crippen LogP contribution in [0.15, 0.2) is 23.2 Å². The van der Waals surface area contributed by atoms with Crippen molar-refractivity contribution in [3.63, 3.8) is 0 Å². The van der Waals surface area contributed by atoms with Gasteiger partial charge in [-0.05, 0) is 30.5 Å². The van der Waals surface area contributed by atoms with Crippen molar-refractivity contribution in [1.82, 2.24) is 8.75 Å². The number of nitrogens with one attached hydrogen (secondary N) is 2. The van der Waals surface area contributed by atoms with E-state index in [0.717, 1.165) is 6.42 Å². The first-order chi connectivity index (χ1) is 9.94. The minimum Gasteiger partial charge on any atom is -0.548 e. The van der Waals surface area contributed by atoms with Crippen LogP contribution in [0, 0.1) is 5.92 Å². The predicted molar refractivity (Wildman–Crippen MR) is 86.9 cm³/mol. The highest BCUT2D eigenvalue weighted by Gasteiger charge is 2.09. The molecule has 1 atom stereocenters. The monoisotopic (exact) mass is 346 g/mol. The summed E-state index contributed by atoms with van der Waals surface area (Å²) in [7, 11) is 0. The van der Waals surface area contributed by atoms with E-state index >= 15 is 0 Å². The van der Waals surface area contributed by atoms with E-state index in [1.54, 1.807) is 18.2 Å². The van der Waals surface area contributed by atoms with Crippen molar-refractivity contribution in [1.29, 1.82) is 0 Å². The van der Waals surface area contributed by atoms with Crippen LogP contribution in [0.1, 0.15) is 20.3 Å². The number of hydrogen-bond acceptors (Lipinski definition) is 4. The fourth-order valence-electron chi connectivity index (χ4n) is 1.67. The summed E-state index contributed by atoms with van der Waals surface area (Å²) in [6.07, 6.45) is 0.952. The maximum atomic E-state index is 11.5. The molecular weight excluding hydrogens is 331 g/mol. The van der Waals surface area contributed by atoms with E-state index < -0.39 is 11.1 Å². The second-order valence-corrected chi connectivity index (χ2v) is 6.74. The fourth-order valence-corrected chi connectivity index (χ4v) is 2.86. The Bertz CT molecular complexity index is 661. The molecule has 0 amide bonds. The molecular formula is C13H16Cl2N4OS. The lowest BCUT2D eigenvalue weighted by molar-refractivity contribution is 0.583. The highest BCUT2D eigenvalue weighted by Crippen LogP contribution is 2.24. The summed E-state index contributed by atoms with van der Waals surface area (Å²) in [5.41, 5.74) is 1.16. The maximum Gasteiger partial charge on any atom is 0.236 e. The second-order valence-electron chi connectivity index (χ2n) is 4.99.